The number of benzene rings is 1. The molecule has 0 radical (unpaired) electrons. The molecule has 0 aliphatic heterocycles. The van der Waals surface area contributed by atoms with Crippen molar-refractivity contribution in [3.05, 3.63) is 29.6 Å². The van der Waals surface area contributed by atoms with E-state index < -0.39 is 11.9 Å². The molecular formula is C11H10FNO2. The number of nitrogens with zero attached hydrogens (tertiary/aromatic N) is 1. The first-order chi connectivity index (χ1) is 7.13. The lowest BCUT2D eigenvalue weighted by Gasteiger charge is -2.01. The van der Waals surface area contributed by atoms with E-state index in [-0.39, 0.29) is 11.3 Å². The van der Waals surface area contributed by atoms with Gasteiger partial charge in [-0.2, -0.15) is 0 Å². The fourth-order valence-corrected chi connectivity index (χ4v) is 0.838. The molecule has 0 amide bonds. The molecule has 1 N–H and O–H groups in total. The van der Waals surface area contributed by atoms with E-state index in [0.717, 1.165) is 12.1 Å². The molecule has 0 aromatic heterocycles. The minimum Gasteiger partial charge on any atom is -0.507 e. The zero-order valence-corrected chi connectivity index (χ0v) is 8.14. The topological polar surface area (TPSA) is 41.8 Å². The largest absolute Gasteiger partial charge is 0.507 e. The Bertz CT molecular complexity index is 410. The second kappa shape index (κ2) is 5.01. The number of rotatable bonds is 3. The number of hydrogen-bond acceptors (Lipinski definition) is 3. The minimum absolute atomic E-state index is 0.0721. The molecule has 1 aromatic carbocycles. The maximum Gasteiger partial charge on any atom is 0.184 e. The van der Waals surface area contributed by atoms with Crippen LogP contribution in [-0.2, 0) is 4.84 Å². The van der Waals surface area contributed by atoms with Crippen molar-refractivity contribution in [3.8, 4) is 18.1 Å². The summed E-state index contributed by atoms with van der Waals surface area (Å²) in [5.41, 5.74) is 0.235. The summed E-state index contributed by atoms with van der Waals surface area (Å²) >= 11 is 0. The first kappa shape index (κ1) is 11.1. The molecule has 0 aliphatic carbocycles. The minimum atomic E-state index is -0.461. The number of aromatic hydroxyl groups is 1. The summed E-state index contributed by atoms with van der Waals surface area (Å²) in [5.74, 6) is 1.77. The second-order valence-corrected chi connectivity index (χ2v) is 2.85. The summed E-state index contributed by atoms with van der Waals surface area (Å²) < 4.78 is 12.8. The molecule has 1 rings (SSSR count). The first-order valence-corrected chi connectivity index (χ1v) is 4.27. The fourth-order valence-electron chi connectivity index (χ4n) is 0.838. The lowest BCUT2D eigenvalue weighted by Crippen LogP contribution is -1.99. The van der Waals surface area contributed by atoms with Crippen LogP contribution in [0.4, 0.5) is 4.39 Å². The van der Waals surface area contributed by atoms with Crippen LogP contribution in [0.2, 0.25) is 0 Å². The van der Waals surface area contributed by atoms with Gasteiger partial charge < -0.3 is 9.94 Å². The van der Waals surface area contributed by atoms with Crippen molar-refractivity contribution in [1.29, 1.82) is 0 Å². The van der Waals surface area contributed by atoms with Crippen molar-refractivity contribution in [1.82, 2.24) is 0 Å². The summed E-state index contributed by atoms with van der Waals surface area (Å²) in [4.78, 5) is 4.79. The van der Waals surface area contributed by atoms with Gasteiger partial charge in [0, 0.05) is 5.56 Å². The summed E-state index contributed by atoms with van der Waals surface area (Å²) in [7, 11) is 0. The van der Waals surface area contributed by atoms with Crippen molar-refractivity contribution >= 4 is 6.21 Å². The smallest absolute Gasteiger partial charge is 0.184 e. The lowest BCUT2D eigenvalue weighted by atomic mass is 10.2. The molecule has 15 heavy (non-hydrogen) atoms. The normalized spacial score (nSPS) is 12.3. The van der Waals surface area contributed by atoms with Gasteiger partial charge in [0.1, 0.15) is 11.6 Å². The van der Waals surface area contributed by atoms with Gasteiger partial charge in [-0.1, -0.05) is 11.1 Å². The molecule has 0 heterocycles. The Hall–Kier alpha value is -2.02. The molecule has 1 atom stereocenters. The van der Waals surface area contributed by atoms with Gasteiger partial charge in [0.15, 0.2) is 6.10 Å². The maximum absolute atomic E-state index is 12.8. The van der Waals surface area contributed by atoms with Gasteiger partial charge in [-0.25, -0.2) is 4.39 Å². The third-order valence-corrected chi connectivity index (χ3v) is 1.64. The van der Waals surface area contributed by atoms with E-state index in [1.807, 2.05) is 0 Å². The molecule has 0 fully saturated rings. The first-order valence-electron chi connectivity index (χ1n) is 4.27. The average Bonchev–Trinajstić information content (AvgIpc) is 2.23. The number of phenolic OH excluding ortho intramolecular Hbond substituents is 1. The second-order valence-electron chi connectivity index (χ2n) is 2.85. The third kappa shape index (κ3) is 3.31. The molecule has 0 spiro atoms. The Morgan fingerprint density at radius 1 is 1.67 bits per heavy atom. The van der Waals surface area contributed by atoms with E-state index >= 15 is 0 Å². The van der Waals surface area contributed by atoms with Gasteiger partial charge in [-0.05, 0) is 25.1 Å². The quantitative estimate of drug-likeness (QED) is 0.467. The Morgan fingerprint density at radius 3 is 3.07 bits per heavy atom. The fraction of sp³-hybridized carbons (Fsp3) is 0.182. The van der Waals surface area contributed by atoms with E-state index in [0.29, 0.717) is 0 Å². The average molecular weight is 207 g/mol. The monoisotopic (exact) mass is 207 g/mol. The van der Waals surface area contributed by atoms with Crippen molar-refractivity contribution in [3.63, 3.8) is 0 Å². The zero-order valence-electron chi connectivity index (χ0n) is 8.14. The zero-order chi connectivity index (χ0) is 11.3. The van der Waals surface area contributed by atoms with Crippen molar-refractivity contribution < 1.29 is 14.3 Å². The molecule has 0 bridgehead atoms. The summed E-state index contributed by atoms with van der Waals surface area (Å²) in [5, 5.41) is 12.8. The molecule has 0 saturated heterocycles. The van der Waals surface area contributed by atoms with Crippen molar-refractivity contribution in [2.75, 3.05) is 0 Å². The van der Waals surface area contributed by atoms with Crippen LogP contribution in [0.15, 0.2) is 23.4 Å². The van der Waals surface area contributed by atoms with Crippen LogP contribution >= 0.6 is 0 Å². The van der Waals surface area contributed by atoms with Crippen LogP contribution in [0, 0.1) is 18.2 Å². The van der Waals surface area contributed by atoms with Crippen LogP contribution in [0.5, 0.6) is 5.75 Å². The number of hydrogen-bond donors (Lipinski definition) is 1. The number of phenols is 1. The van der Waals surface area contributed by atoms with E-state index in [1.54, 1.807) is 6.92 Å². The predicted octanol–water partition coefficient (Wildman–Crippen LogP) is 1.90. The van der Waals surface area contributed by atoms with Crippen LogP contribution < -0.4 is 0 Å². The Kier molecular flexibility index (Phi) is 3.69. The molecule has 3 nitrogen and oxygen atoms in total. The van der Waals surface area contributed by atoms with Gasteiger partial charge in [0.05, 0.1) is 6.21 Å². The van der Waals surface area contributed by atoms with Gasteiger partial charge in [-0.15, -0.1) is 6.42 Å². The van der Waals surface area contributed by atoms with Gasteiger partial charge in [0.25, 0.3) is 0 Å². The molecule has 0 saturated carbocycles. The highest BCUT2D eigenvalue weighted by molar-refractivity contribution is 5.82. The molecule has 4 heteroatoms. The van der Waals surface area contributed by atoms with E-state index in [1.165, 1.54) is 12.3 Å². The standard InChI is InChI=1S/C11H10FNO2/c1-3-8(2)15-13-7-9-6-10(12)4-5-11(9)14/h1,4-8,14H,2H3/b13-7+. The van der Waals surface area contributed by atoms with Gasteiger partial charge in [-0.3, -0.25) is 0 Å². The number of terminal acetylenes is 1. The third-order valence-electron chi connectivity index (χ3n) is 1.64. The van der Waals surface area contributed by atoms with Crippen molar-refractivity contribution in [2.24, 2.45) is 5.16 Å². The summed E-state index contributed by atoms with van der Waals surface area (Å²) in [6, 6.07) is 3.53. The number of oxime groups is 1. The van der Waals surface area contributed by atoms with Crippen LogP contribution in [0.3, 0.4) is 0 Å². The predicted molar refractivity (Wildman–Crippen MR) is 55.0 cm³/mol. The van der Waals surface area contributed by atoms with Crippen molar-refractivity contribution in [2.45, 2.75) is 13.0 Å². The Morgan fingerprint density at radius 2 is 2.40 bits per heavy atom. The van der Waals surface area contributed by atoms with E-state index in [4.69, 9.17) is 11.3 Å². The van der Waals surface area contributed by atoms with Gasteiger partial charge >= 0.3 is 0 Å². The SMILES string of the molecule is C#CC(C)O/N=C/c1cc(F)ccc1O. The summed E-state index contributed by atoms with van der Waals surface area (Å²) in [6.07, 6.45) is 5.79. The Balaban J connectivity index is 2.72. The van der Waals surface area contributed by atoms with E-state index in [9.17, 15) is 9.50 Å². The Labute approximate surface area is 87.2 Å². The highest BCUT2D eigenvalue weighted by atomic mass is 19.1. The summed E-state index contributed by atoms with van der Waals surface area (Å²) in [6.45, 7) is 1.64. The maximum atomic E-state index is 12.8. The van der Waals surface area contributed by atoms with Crippen LogP contribution in [-0.4, -0.2) is 17.4 Å². The van der Waals surface area contributed by atoms with Crippen LogP contribution in [0.25, 0.3) is 0 Å². The van der Waals surface area contributed by atoms with Gasteiger partial charge in [0.2, 0.25) is 0 Å². The lowest BCUT2D eigenvalue weighted by molar-refractivity contribution is 0.114. The molecule has 78 valence electrons. The molecular weight excluding hydrogens is 197 g/mol. The molecule has 1 aromatic rings. The molecule has 1 unspecified atom stereocenters. The molecule has 0 aliphatic rings. The van der Waals surface area contributed by atoms with E-state index in [2.05, 4.69) is 11.1 Å². The van der Waals surface area contributed by atoms with Crippen LogP contribution in [0.1, 0.15) is 12.5 Å². The number of halogens is 1. The highest BCUT2D eigenvalue weighted by Gasteiger charge is 2.00. The highest BCUT2D eigenvalue weighted by Crippen LogP contribution is 2.15.